The molecular weight excluding hydrogens is 252 g/mol. The van der Waals surface area contributed by atoms with Crippen LogP contribution in [0.2, 0.25) is 0 Å². The predicted octanol–water partition coefficient (Wildman–Crippen LogP) is 3.21. The van der Waals surface area contributed by atoms with Crippen molar-refractivity contribution in [2.24, 2.45) is 5.73 Å². The van der Waals surface area contributed by atoms with Crippen molar-refractivity contribution in [3.05, 3.63) is 35.4 Å². The molecule has 0 spiro atoms. The Morgan fingerprint density at radius 3 is 2.79 bits per heavy atom. The van der Waals surface area contributed by atoms with Crippen LogP contribution in [0.25, 0.3) is 0 Å². The summed E-state index contributed by atoms with van der Waals surface area (Å²) in [4.78, 5) is 2.61. The molecule has 1 aliphatic heterocycles. The van der Waals surface area contributed by atoms with E-state index in [9.17, 15) is 0 Å². The van der Waals surface area contributed by atoms with E-state index in [0.29, 0.717) is 6.04 Å². The quantitative estimate of drug-likeness (QED) is 0.917. The largest absolute Gasteiger partial charge is 0.326 e. The Labute approximate surface area is 121 Å². The van der Waals surface area contributed by atoms with Crippen LogP contribution in [0.15, 0.2) is 24.3 Å². The molecule has 2 rings (SSSR count). The number of benzene rings is 1. The van der Waals surface area contributed by atoms with Gasteiger partial charge in [-0.25, -0.2) is 0 Å². The Bertz CT molecular complexity index is 386. The molecule has 19 heavy (non-hydrogen) atoms. The topological polar surface area (TPSA) is 29.3 Å². The lowest BCUT2D eigenvalue weighted by molar-refractivity contribution is 0.182. The van der Waals surface area contributed by atoms with Gasteiger partial charge in [0.15, 0.2) is 0 Å². The van der Waals surface area contributed by atoms with Gasteiger partial charge in [0, 0.05) is 18.3 Å². The van der Waals surface area contributed by atoms with E-state index in [1.54, 1.807) is 0 Å². The molecule has 0 amide bonds. The van der Waals surface area contributed by atoms with Crippen LogP contribution >= 0.6 is 11.8 Å². The highest BCUT2D eigenvalue weighted by Gasteiger charge is 2.27. The summed E-state index contributed by atoms with van der Waals surface area (Å²) in [6, 6.07) is 9.33. The molecule has 1 saturated heterocycles. The first kappa shape index (κ1) is 14.9. The first-order valence-electron chi connectivity index (χ1n) is 7.37. The van der Waals surface area contributed by atoms with E-state index in [4.69, 9.17) is 5.73 Å². The van der Waals surface area contributed by atoms with Gasteiger partial charge in [0.1, 0.15) is 0 Å². The second-order valence-corrected chi connectivity index (χ2v) is 6.60. The first-order valence-corrected chi connectivity index (χ1v) is 8.52. The molecular formula is C16H26N2S. The molecule has 3 heteroatoms. The number of nitrogens with two attached hydrogens (primary N) is 1. The van der Waals surface area contributed by atoms with Gasteiger partial charge in [0.05, 0.1) is 6.04 Å². The van der Waals surface area contributed by atoms with Gasteiger partial charge in [0.2, 0.25) is 0 Å². The van der Waals surface area contributed by atoms with Crippen LogP contribution in [0.4, 0.5) is 0 Å². The smallest absolute Gasteiger partial charge is 0.0502 e. The molecule has 1 aromatic carbocycles. The summed E-state index contributed by atoms with van der Waals surface area (Å²) in [6.45, 7) is 6.75. The van der Waals surface area contributed by atoms with Crippen molar-refractivity contribution in [3.8, 4) is 0 Å². The summed E-state index contributed by atoms with van der Waals surface area (Å²) in [5.41, 5.74) is 9.24. The van der Waals surface area contributed by atoms with Crippen molar-refractivity contribution in [3.63, 3.8) is 0 Å². The van der Waals surface area contributed by atoms with Crippen molar-refractivity contribution in [2.75, 3.05) is 24.6 Å². The van der Waals surface area contributed by atoms with Crippen LogP contribution < -0.4 is 5.73 Å². The van der Waals surface area contributed by atoms with Crippen LogP contribution in [-0.4, -0.2) is 35.5 Å². The fourth-order valence-electron chi connectivity index (χ4n) is 2.88. The molecule has 1 heterocycles. The standard InChI is InChI=1S/C16H26N2S/c1-3-15(17)16(14-8-5-4-7-13(14)2)18-9-6-11-19-12-10-18/h4-5,7-8,15-16H,3,6,9-12,17H2,1-2H3. The Kier molecular flexibility index (Phi) is 5.74. The second kappa shape index (κ2) is 7.32. The van der Waals surface area contributed by atoms with Gasteiger partial charge >= 0.3 is 0 Å². The van der Waals surface area contributed by atoms with Crippen molar-refractivity contribution < 1.29 is 0 Å². The lowest BCUT2D eigenvalue weighted by atomic mass is 9.92. The summed E-state index contributed by atoms with van der Waals surface area (Å²) in [5.74, 6) is 2.52. The van der Waals surface area contributed by atoms with Crippen LogP contribution in [-0.2, 0) is 0 Å². The summed E-state index contributed by atoms with van der Waals surface area (Å²) < 4.78 is 0. The predicted molar refractivity (Wildman–Crippen MR) is 85.7 cm³/mol. The molecule has 2 nitrogen and oxygen atoms in total. The lowest BCUT2D eigenvalue weighted by Crippen LogP contribution is -2.42. The second-order valence-electron chi connectivity index (χ2n) is 5.38. The van der Waals surface area contributed by atoms with Crippen molar-refractivity contribution >= 4 is 11.8 Å². The number of hydrogen-bond acceptors (Lipinski definition) is 3. The van der Waals surface area contributed by atoms with E-state index in [0.717, 1.165) is 13.0 Å². The Balaban J connectivity index is 2.27. The third-order valence-electron chi connectivity index (χ3n) is 4.03. The number of thioether (sulfide) groups is 1. The fourth-order valence-corrected chi connectivity index (χ4v) is 3.78. The number of aryl methyl sites for hydroxylation is 1. The number of hydrogen-bond donors (Lipinski definition) is 1. The molecule has 0 bridgehead atoms. The Morgan fingerprint density at radius 1 is 1.26 bits per heavy atom. The van der Waals surface area contributed by atoms with Gasteiger partial charge in [-0.15, -0.1) is 0 Å². The molecule has 0 saturated carbocycles. The first-order chi connectivity index (χ1) is 9.24. The monoisotopic (exact) mass is 278 g/mol. The molecule has 2 N–H and O–H groups in total. The maximum atomic E-state index is 6.45. The molecule has 2 atom stereocenters. The van der Waals surface area contributed by atoms with Crippen molar-refractivity contribution in [2.45, 2.75) is 38.8 Å². The highest BCUT2D eigenvalue weighted by molar-refractivity contribution is 7.99. The van der Waals surface area contributed by atoms with E-state index >= 15 is 0 Å². The summed E-state index contributed by atoms with van der Waals surface area (Å²) in [5, 5.41) is 0. The molecule has 2 unspecified atom stereocenters. The normalized spacial score (nSPS) is 20.8. The minimum absolute atomic E-state index is 0.226. The number of rotatable bonds is 4. The van der Waals surface area contributed by atoms with Crippen molar-refractivity contribution in [1.82, 2.24) is 4.90 Å². The highest BCUT2D eigenvalue weighted by atomic mass is 32.2. The van der Waals surface area contributed by atoms with E-state index < -0.39 is 0 Å². The zero-order valence-corrected chi connectivity index (χ0v) is 13.0. The fraction of sp³-hybridized carbons (Fsp3) is 0.625. The van der Waals surface area contributed by atoms with Crippen molar-refractivity contribution in [1.29, 1.82) is 0 Å². The van der Waals surface area contributed by atoms with Gasteiger partial charge in [0.25, 0.3) is 0 Å². The summed E-state index contributed by atoms with van der Waals surface area (Å²) >= 11 is 2.07. The van der Waals surface area contributed by atoms with Crippen LogP contribution in [0.1, 0.15) is 36.9 Å². The van der Waals surface area contributed by atoms with Gasteiger partial charge in [-0.2, -0.15) is 11.8 Å². The van der Waals surface area contributed by atoms with Gasteiger partial charge in [-0.3, -0.25) is 4.90 Å². The van der Waals surface area contributed by atoms with Crippen LogP contribution in [0, 0.1) is 6.92 Å². The minimum atomic E-state index is 0.226. The van der Waals surface area contributed by atoms with E-state index in [-0.39, 0.29) is 6.04 Å². The molecule has 1 aliphatic rings. The maximum absolute atomic E-state index is 6.45. The van der Waals surface area contributed by atoms with E-state index in [1.807, 2.05) is 0 Å². The molecule has 1 aromatic rings. The molecule has 0 radical (unpaired) electrons. The average molecular weight is 278 g/mol. The van der Waals surface area contributed by atoms with Gasteiger partial charge in [-0.1, -0.05) is 31.2 Å². The molecule has 106 valence electrons. The SMILES string of the molecule is CCC(N)C(c1ccccc1C)N1CCCSCC1. The summed E-state index contributed by atoms with van der Waals surface area (Å²) in [7, 11) is 0. The summed E-state index contributed by atoms with van der Waals surface area (Å²) in [6.07, 6.45) is 2.31. The average Bonchev–Trinajstić information content (AvgIpc) is 2.70. The molecule has 0 aliphatic carbocycles. The highest BCUT2D eigenvalue weighted by Crippen LogP contribution is 2.29. The van der Waals surface area contributed by atoms with Gasteiger partial charge in [-0.05, 0) is 43.2 Å². The third kappa shape index (κ3) is 3.74. The van der Waals surface area contributed by atoms with E-state index in [2.05, 4.69) is 54.8 Å². The number of nitrogens with zero attached hydrogens (tertiary/aromatic N) is 1. The molecule has 1 fully saturated rings. The van der Waals surface area contributed by atoms with Gasteiger partial charge < -0.3 is 5.73 Å². The van der Waals surface area contributed by atoms with Crippen LogP contribution in [0.5, 0.6) is 0 Å². The lowest BCUT2D eigenvalue weighted by Gasteiger charge is -2.35. The minimum Gasteiger partial charge on any atom is -0.326 e. The molecule has 0 aromatic heterocycles. The Hall–Kier alpha value is -0.510. The Morgan fingerprint density at radius 2 is 2.05 bits per heavy atom. The third-order valence-corrected chi connectivity index (χ3v) is 5.08. The zero-order valence-electron chi connectivity index (χ0n) is 12.1. The van der Waals surface area contributed by atoms with E-state index in [1.165, 1.54) is 35.6 Å². The maximum Gasteiger partial charge on any atom is 0.0502 e. The zero-order chi connectivity index (χ0) is 13.7. The van der Waals surface area contributed by atoms with Crippen LogP contribution in [0.3, 0.4) is 0 Å².